The molecular formula is C11H19NO3. The van der Waals surface area contributed by atoms with E-state index in [0.717, 1.165) is 32.4 Å². The van der Waals surface area contributed by atoms with Gasteiger partial charge in [0.15, 0.2) is 0 Å². The van der Waals surface area contributed by atoms with Crippen molar-refractivity contribution in [2.45, 2.75) is 39.0 Å². The van der Waals surface area contributed by atoms with E-state index in [1.54, 1.807) is 0 Å². The molecule has 15 heavy (non-hydrogen) atoms. The molecular weight excluding hydrogens is 194 g/mol. The van der Waals surface area contributed by atoms with Gasteiger partial charge >= 0.3 is 5.97 Å². The monoisotopic (exact) mass is 213 g/mol. The molecule has 4 nitrogen and oxygen atoms in total. The normalized spacial score (nSPS) is 21.8. The van der Waals surface area contributed by atoms with Crippen molar-refractivity contribution in [2.24, 2.45) is 5.92 Å². The molecule has 1 rings (SSSR count). The predicted octanol–water partition coefficient (Wildman–Crippen LogP) is 1.50. The Bertz CT molecular complexity index is 240. The zero-order chi connectivity index (χ0) is 11.3. The van der Waals surface area contributed by atoms with Gasteiger partial charge in [-0.2, -0.15) is 0 Å². The molecule has 0 aromatic rings. The highest BCUT2D eigenvalue weighted by Gasteiger charge is 2.26. The first-order valence-electron chi connectivity index (χ1n) is 5.63. The van der Waals surface area contributed by atoms with Crippen LogP contribution in [0.2, 0.25) is 0 Å². The summed E-state index contributed by atoms with van der Waals surface area (Å²) < 4.78 is 0. The molecule has 1 saturated heterocycles. The minimum atomic E-state index is -0.796. The van der Waals surface area contributed by atoms with Gasteiger partial charge in [-0.1, -0.05) is 13.3 Å². The van der Waals surface area contributed by atoms with Crippen LogP contribution in [0.1, 0.15) is 39.0 Å². The highest BCUT2D eigenvalue weighted by molar-refractivity contribution is 5.78. The summed E-state index contributed by atoms with van der Waals surface area (Å²) in [4.78, 5) is 24.0. The maximum atomic E-state index is 11.6. The van der Waals surface area contributed by atoms with Crippen LogP contribution < -0.4 is 0 Å². The van der Waals surface area contributed by atoms with Crippen LogP contribution in [0.15, 0.2) is 0 Å². The molecule has 1 fully saturated rings. The number of hydrogen-bond donors (Lipinski definition) is 1. The lowest BCUT2D eigenvalue weighted by atomic mass is 9.93. The molecule has 0 radical (unpaired) electrons. The average molecular weight is 213 g/mol. The summed E-state index contributed by atoms with van der Waals surface area (Å²) in [5.41, 5.74) is 0. The summed E-state index contributed by atoms with van der Waals surface area (Å²) in [6, 6.07) is 0. The standard InChI is InChI=1S/C11H19NO3/c1-2-3-5-12-6-4-9(7-10(12)13)8-11(14)15/h9H,2-8H2,1H3,(H,14,15). The number of carboxylic acid groups (broad SMARTS) is 1. The highest BCUT2D eigenvalue weighted by atomic mass is 16.4. The largest absolute Gasteiger partial charge is 0.481 e. The van der Waals surface area contributed by atoms with Crippen LogP contribution in [-0.4, -0.2) is 35.0 Å². The second-order valence-corrected chi connectivity index (χ2v) is 4.19. The Morgan fingerprint density at radius 2 is 2.33 bits per heavy atom. The smallest absolute Gasteiger partial charge is 0.303 e. The van der Waals surface area contributed by atoms with Crippen molar-refractivity contribution in [3.8, 4) is 0 Å². The lowest BCUT2D eigenvalue weighted by molar-refractivity contribution is -0.140. The van der Waals surface area contributed by atoms with Crippen molar-refractivity contribution >= 4 is 11.9 Å². The molecule has 0 aliphatic carbocycles. The minimum absolute atomic E-state index is 0.0490. The van der Waals surface area contributed by atoms with E-state index in [-0.39, 0.29) is 18.2 Å². The fourth-order valence-corrected chi connectivity index (χ4v) is 1.95. The van der Waals surface area contributed by atoms with Crippen LogP contribution in [0.3, 0.4) is 0 Å². The number of carboxylic acids is 1. The van der Waals surface area contributed by atoms with Crippen molar-refractivity contribution < 1.29 is 14.7 Å². The SMILES string of the molecule is CCCCN1CCC(CC(=O)O)CC1=O. The van der Waals surface area contributed by atoms with E-state index < -0.39 is 5.97 Å². The number of carbonyl (C=O) groups excluding carboxylic acids is 1. The lowest BCUT2D eigenvalue weighted by Gasteiger charge is -2.31. The van der Waals surface area contributed by atoms with Gasteiger partial charge in [0.1, 0.15) is 0 Å². The molecule has 1 heterocycles. The Labute approximate surface area is 90.3 Å². The molecule has 1 atom stereocenters. The molecule has 0 aromatic carbocycles. The molecule has 86 valence electrons. The molecule has 1 aliphatic heterocycles. The second-order valence-electron chi connectivity index (χ2n) is 4.19. The fraction of sp³-hybridized carbons (Fsp3) is 0.818. The molecule has 0 bridgehead atoms. The number of piperidine rings is 1. The first-order chi connectivity index (χ1) is 7.13. The number of unbranched alkanes of at least 4 members (excludes halogenated alkanes) is 1. The van der Waals surface area contributed by atoms with Crippen LogP contribution in [-0.2, 0) is 9.59 Å². The van der Waals surface area contributed by atoms with Gasteiger partial charge < -0.3 is 10.0 Å². The minimum Gasteiger partial charge on any atom is -0.481 e. The van der Waals surface area contributed by atoms with Crippen LogP contribution in [0.4, 0.5) is 0 Å². The number of aliphatic carboxylic acids is 1. The van der Waals surface area contributed by atoms with Gasteiger partial charge in [0.2, 0.25) is 5.91 Å². The van der Waals surface area contributed by atoms with Gasteiger partial charge in [0.05, 0.1) is 0 Å². The summed E-state index contributed by atoms with van der Waals surface area (Å²) in [5, 5.41) is 8.63. The van der Waals surface area contributed by atoms with Gasteiger partial charge in [-0.25, -0.2) is 0 Å². The molecule has 0 aromatic heterocycles. The fourth-order valence-electron chi connectivity index (χ4n) is 1.95. The number of hydrogen-bond acceptors (Lipinski definition) is 2. The van der Waals surface area contributed by atoms with Gasteiger partial charge in [-0.05, 0) is 18.8 Å². The first-order valence-corrected chi connectivity index (χ1v) is 5.63. The van der Waals surface area contributed by atoms with Crippen molar-refractivity contribution in [1.29, 1.82) is 0 Å². The molecule has 1 amide bonds. The Hall–Kier alpha value is -1.06. The molecule has 4 heteroatoms. The molecule has 0 spiro atoms. The van der Waals surface area contributed by atoms with Crippen LogP contribution in [0.25, 0.3) is 0 Å². The van der Waals surface area contributed by atoms with E-state index in [1.165, 1.54) is 0 Å². The third-order valence-corrected chi connectivity index (χ3v) is 2.87. The van der Waals surface area contributed by atoms with Crippen LogP contribution in [0.5, 0.6) is 0 Å². The van der Waals surface area contributed by atoms with Crippen molar-refractivity contribution in [3.05, 3.63) is 0 Å². The van der Waals surface area contributed by atoms with Gasteiger partial charge in [-0.3, -0.25) is 9.59 Å². The number of carbonyl (C=O) groups is 2. The first kappa shape index (κ1) is 12.0. The van der Waals surface area contributed by atoms with E-state index in [1.807, 2.05) is 4.90 Å². The van der Waals surface area contributed by atoms with Crippen molar-refractivity contribution in [2.75, 3.05) is 13.1 Å². The Morgan fingerprint density at radius 3 is 2.87 bits per heavy atom. The summed E-state index contributed by atoms with van der Waals surface area (Å²) in [6.45, 7) is 3.66. The molecule has 1 unspecified atom stereocenters. The van der Waals surface area contributed by atoms with E-state index in [4.69, 9.17) is 5.11 Å². The number of amides is 1. The van der Waals surface area contributed by atoms with Gasteiger partial charge in [0, 0.05) is 25.9 Å². The Balaban J connectivity index is 2.34. The summed E-state index contributed by atoms with van der Waals surface area (Å²) >= 11 is 0. The van der Waals surface area contributed by atoms with E-state index >= 15 is 0 Å². The zero-order valence-electron chi connectivity index (χ0n) is 9.24. The predicted molar refractivity (Wildman–Crippen MR) is 56.5 cm³/mol. The zero-order valence-corrected chi connectivity index (χ0v) is 9.24. The summed E-state index contributed by atoms with van der Waals surface area (Å²) in [5.74, 6) is -0.622. The van der Waals surface area contributed by atoms with E-state index in [2.05, 4.69) is 6.92 Å². The molecule has 0 saturated carbocycles. The van der Waals surface area contributed by atoms with Gasteiger partial charge in [0.25, 0.3) is 0 Å². The van der Waals surface area contributed by atoms with Crippen molar-refractivity contribution in [1.82, 2.24) is 4.90 Å². The average Bonchev–Trinajstić information content (AvgIpc) is 2.15. The third kappa shape index (κ3) is 3.90. The van der Waals surface area contributed by atoms with Gasteiger partial charge in [-0.15, -0.1) is 0 Å². The maximum Gasteiger partial charge on any atom is 0.303 e. The van der Waals surface area contributed by atoms with E-state index in [9.17, 15) is 9.59 Å². The molecule has 1 aliphatic rings. The number of likely N-dealkylation sites (tertiary alicyclic amines) is 1. The highest BCUT2D eigenvalue weighted by Crippen LogP contribution is 2.21. The number of nitrogens with zero attached hydrogens (tertiary/aromatic N) is 1. The summed E-state index contributed by atoms with van der Waals surface area (Å²) in [6.07, 6.45) is 3.50. The molecule has 1 N–H and O–H groups in total. The number of rotatable bonds is 5. The van der Waals surface area contributed by atoms with Crippen molar-refractivity contribution in [3.63, 3.8) is 0 Å². The second kappa shape index (κ2) is 5.73. The van der Waals surface area contributed by atoms with E-state index in [0.29, 0.717) is 6.42 Å². The van der Waals surface area contributed by atoms with Crippen LogP contribution >= 0.6 is 0 Å². The maximum absolute atomic E-state index is 11.6. The van der Waals surface area contributed by atoms with Crippen LogP contribution in [0, 0.1) is 5.92 Å². The quantitative estimate of drug-likeness (QED) is 0.753. The Kier molecular flexibility index (Phi) is 4.59. The third-order valence-electron chi connectivity index (χ3n) is 2.87. The Morgan fingerprint density at radius 1 is 1.60 bits per heavy atom. The summed E-state index contributed by atoms with van der Waals surface area (Å²) in [7, 11) is 0. The topological polar surface area (TPSA) is 57.6 Å². The lowest BCUT2D eigenvalue weighted by Crippen LogP contribution is -2.39.